The fourth-order valence-corrected chi connectivity index (χ4v) is 3.70. The Labute approximate surface area is 157 Å². The van der Waals surface area contributed by atoms with Crippen LogP contribution in [0.3, 0.4) is 0 Å². The quantitative estimate of drug-likeness (QED) is 0.848. The molecule has 2 fully saturated rings. The first-order valence-electron chi connectivity index (χ1n) is 9.33. The molecule has 4 amide bonds. The van der Waals surface area contributed by atoms with Gasteiger partial charge in [-0.05, 0) is 43.4 Å². The van der Waals surface area contributed by atoms with E-state index in [2.05, 4.69) is 10.6 Å². The number of anilines is 2. The minimum atomic E-state index is -0.559. The van der Waals surface area contributed by atoms with Gasteiger partial charge in [0.05, 0.1) is 5.69 Å². The van der Waals surface area contributed by atoms with E-state index in [1.54, 1.807) is 4.90 Å². The molecular formula is C19H25FN4O3. The second-order valence-electron chi connectivity index (χ2n) is 7.20. The van der Waals surface area contributed by atoms with Gasteiger partial charge in [-0.1, -0.05) is 0 Å². The Balaban J connectivity index is 1.58. The van der Waals surface area contributed by atoms with Crippen molar-refractivity contribution in [1.29, 1.82) is 0 Å². The fourth-order valence-electron chi connectivity index (χ4n) is 3.70. The second-order valence-corrected chi connectivity index (χ2v) is 7.20. The number of hydrogen-bond donors (Lipinski definition) is 2. The molecule has 2 saturated heterocycles. The van der Waals surface area contributed by atoms with E-state index in [1.165, 1.54) is 25.1 Å². The molecule has 0 radical (unpaired) electrons. The molecule has 3 rings (SSSR count). The zero-order chi connectivity index (χ0) is 19.4. The lowest BCUT2D eigenvalue weighted by atomic mass is 9.97. The van der Waals surface area contributed by atoms with Crippen LogP contribution in [0.4, 0.5) is 20.6 Å². The van der Waals surface area contributed by atoms with Gasteiger partial charge in [0.1, 0.15) is 5.82 Å². The van der Waals surface area contributed by atoms with E-state index >= 15 is 0 Å². The topological polar surface area (TPSA) is 81.8 Å². The Morgan fingerprint density at radius 2 is 2.04 bits per heavy atom. The van der Waals surface area contributed by atoms with Gasteiger partial charge in [-0.15, -0.1) is 0 Å². The van der Waals surface area contributed by atoms with E-state index < -0.39 is 5.82 Å². The molecule has 0 saturated carbocycles. The molecule has 27 heavy (non-hydrogen) atoms. The smallest absolute Gasteiger partial charge is 0.321 e. The molecule has 7 nitrogen and oxygen atoms in total. The van der Waals surface area contributed by atoms with Gasteiger partial charge in [0, 0.05) is 45.2 Å². The summed E-state index contributed by atoms with van der Waals surface area (Å²) in [5.74, 6) is -0.465. The molecule has 1 aromatic carbocycles. The molecule has 8 heteroatoms. The zero-order valence-electron chi connectivity index (χ0n) is 15.5. The van der Waals surface area contributed by atoms with Crippen LogP contribution in [-0.4, -0.2) is 53.8 Å². The summed E-state index contributed by atoms with van der Waals surface area (Å²) in [4.78, 5) is 39.2. The number of likely N-dealkylation sites (tertiary alicyclic amines) is 2. The lowest BCUT2D eigenvalue weighted by Crippen LogP contribution is -2.45. The van der Waals surface area contributed by atoms with E-state index in [4.69, 9.17) is 0 Å². The largest absolute Gasteiger partial charge is 0.342 e. The molecule has 0 spiro atoms. The average molecular weight is 376 g/mol. The van der Waals surface area contributed by atoms with Gasteiger partial charge in [-0.2, -0.15) is 0 Å². The molecule has 0 unspecified atom stereocenters. The van der Waals surface area contributed by atoms with E-state index in [1.807, 2.05) is 4.90 Å². The highest BCUT2D eigenvalue weighted by atomic mass is 19.1. The average Bonchev–Trinajstić information content (AvgIpc) is 3.02. The van der Waals surface area contributed by atoms with Crippen molar-refractivity contribution in [2.75, 3.05) is 36.8 Å². The van der Waals surface area contributed by atoms with Crippen molar-refractivity contribution in [3.05, 3.63) is 24.0 Å². The van der Waals surface area contributed by atoms with Crippen LogP contribution in [0.1, 0.15) is 32.6 Å². The van der Waals surface area contributed by atoms with Crippen LogP contribution in [0.15, 0.2) is 18.2 Å². The van der Waals surface area contributed by atoms with E-state index in [0.29, 0.717) is 31.7 Å². The first-order valence-corrected chi connectivity index (χ1v) is 9.33. The lowest BCUT2D eigenvalue weighted by molar-refractivity contribution is -0.128. The number of urea groups is 1. The number of nitrogens with zero attached hydrogens (tertiary/aromatic N) is 2. The molecule has 0 aromatic heterocycles. The van der Waals surface area contributed by atoms with Gasteiger partial charge in [0.25, 0.3) is 0 Å². The maximum Gasteiger partial charge on any atom is 0.321 e. The second kappa shape index (κ2) is 8.37. The first-order chi connectivity index (χ1) is 12.9. The van der Waals surface area contributed by atoms with Crippen LogP contribution in [0.25, 0.3) is 0 Å². The number of nitrogens with one attached hydrogen (secondary N) is 2. The Morgan fingerprint density at radius 1 is 1.22 bits per heavy atom. The van der Waals surface area contributed by atoms with Crippen LogP contribution in [-0.2, 0) is 9.59 Å². The normalized spacial score (nSPS) is 19.9. The minimum Gasteiger partial charge on any atom is -0.342 e. The van der Waals surface area contributed by atoms with Crippen molar-refractivity contribution in [1.82, 2.24) is 9.80 Å². The van der Waals surface area contributed by atoms with Crippen molar-refractivity contribution < 1.29 is 18.8 Å². The summed E-state index contributed by atoms with van der Waals surface area (Å²) in [6, 6.07) is 3.81. The third-order valence-corrected chi connectivity index (χ3v) is 4.98. The molecule has 0 bridgehead atoms. The van der Waals surface area contributed by atoms with Crippen molar-refractivity contribution >= 4 is 29.2 Å². The van der Waals surface area contributed by atoms with Gasteiger partial charge in [-0.3, -0.25) is 9.59 Å². The Morgan fingerprint density at radius 3 is 2.74 bits per heavy atom. The summed E-state index contributed by atoms with van der Waals surface area (Å²) in [7, 11) is 0. The van der Waals surface area contributed by atoms with E-state index in [-0.39, 0.29) is 29.5 Å². The van der Waals surface area contributed by atoms with Crippen LogP contribution >= 0.6 is 0 Å². The monoisotopic (exact) mass is 376 g/mol. The van der Waals surface area contributed by atoms with E-state index in [0.717, 1.165) is 25.8 Å². The van der Waals surface area contributed by atoms with Gasteiger partial charge in [0.15, 0.2) is 0 Å². The number of benzene rings is 1. The third-order valence-electron chi connectivity index (χ3n) is 4.98. The molecule has 2 aliphatic rings. The highest BCUT2D eigenvalue weighted by Gasteiger charge is 2.28. The SMILES string of the molecule is CC(=O)Nc1cc(NC(=O)N2CCC[C@H](CN3CCCC3=O)C2)ccc1F. The van der Waals surface area contributed by atoms with Gasteiger partial charge in [0.2, 0.25) is 11.8 Å². The molecule has 2 aliphatic heterocycles. The highest BCUT2D eigenvalue weighted by molar-refractivity contribution is 5.92. The Bertz CT molecular complexity index is 740. The number of halogens is 1. The number of carbonyl (C=O) groups excluding carboxylic acids is 3. The predicted molar refractivity (Wildman–Crippen MR) is 99.8 cm³/mol. The van der Waals surface area contributed by atoms with Gasteiger partial charge >= 0.3 is 6.03 Å². The molecule has 146 valence electrons. The number of piperidine rings is 1. The summed E-state index contributed by atoms with van der Waals surface area (Å²) in [6.07, 6.45) is 3.42. The van der Waals surface area contributed by atoms with Crippen LogP contribution in [0.2, 0.25) is 0 Å². The molecule has 2 N–H and O–H groups in total. The Kier molecular flexibility index (Phi) is 5.93. The maximum atomic E-state index is 13.7. The number of rotatable bonds is 4. The van der Waals surface area contributed by atoms with Crippen molar-refractivity contribution in [3.63, 3.8) is 0 Å². The third kappa shape index (κ3) is 4.96. The fraction of sp³-hybridized carbons (Fsp3) is 0.526. The Hall–Kier alpha value is -2.64. The number of amides is 4. The van der Waals surface area contributed by atoms with Crippen molar-refractivity contribution in [2.45, 2.75) is 32.6 Å². The summed E-state index contributed by atoms with van der Waals surface area (Å²) >= 11 is 0. The summed E-state index contributed by atoms with van der Waals surface area (Å²) in [5.41, 5.74) is 0.450. The van der Waals surface area contributed by atoms with Crippen molar-refractivity contribution in [2.24, 2.45) is 5.92 Å². The van der Waals surface area contributed by atoms with Crippen molar-refractivity contribution in [3.8, 4) is 0 Å². The maximum absolute atomic E-state index is 13.7. The first kappa shape index (κ1) is 19.1. The molecule has 2 heterocycles. The summed E-state index contributed by atoms with van der Waals surface area (Å²) < 4.78 is 13.7. The summed E-state index contributed by atoms with van der Waals surface area (Å²) in [5, 5.41) is 5.17. The molecule has 1 atom stereocenters. The molecular weight excluding hydrogens is 351 g/mol. The number of carbonyl (C=O) groups is 3. The minimum absolute atomic E-state index is 0.0318. The van der Waals surface area contributed by atoms with Crippen LogP contribution in [0, 0.1) is 11.7 Å². The predicted octanol–water partition coefficient (Wildman–Crippen LogP) is 2.65. The summed E-state index contributed by atoms with van der Waals surface area (Å²) in [6.45, 7) is 4.05. The molecule has 0 aliphatic carbocycles. The van der Waals surface area contributed by atoms with Crippen LogP contribution in [0.5, 0.6) is 0 Å². The zero-order valence-corrected chi connectivity index (χ0v) is 15.5. The number of hydrogen-bond acceptors (Lipinski definition) is 3. The van der Waals surface area contributed by atoms with Crippen LogP contribution < -0.4 is 10.6 Å². The van der Waals surface area contributed by atoms with Gasteiger partial charge in [-0.25, -0.2) is 9.18 Å². The highest BCUT2D eigenvalue weighted by Crippen LogP contribution is 2.23. The van der Waals surface area contributed by atoms with Gasteiger partial charge < -0.3 is 20.4 Å². The standard InChI is InChI=1S/C19H25FN4O3/c1-13(25)21-17-10-15(6-7-16(17)20)22-19(27)24-9-2-4-14(12-24)11-23-8-3-5-18(23)26/h6-7,10,14H,2-5,8-9,11-12H2,1H3,(H,21,25)(H,22,27)/t14-/m1/s1. The molecule has 1 aromatic rings. The van der Waals surface area contributed by atoms with E-state index in [9.17, 15) is 18.8 Å². The lowest BCUT2D eigenvalue weighted by Gasteiger charge is -2.34.